The fourth-order valence-corrected chi connectivity index (χ4v) is 1.52. The van der Waals surface area contributed by atoms with Crippen molar-refractivity contribution in [2.45, 2.75) is 12.7 Å². The summed E-state index contributed by atoms with van der Waals surface area (Å²) in [7, 11) is 3.09. The quantitative estimate of drug-likeness (QED) is 0.669. The Hall–Kier alpha value is -1.83. The third-order valence-corrected chi connectivity index (χ3v) is 2.40. The van der Waals surface area contributed by atoms with Gasteiger partial charge in [-0.25, -0.2) is 0 Å². The summed E-state index contributed by atoms with van der Waals surface area (Å²) in [5.41, 5.74) is 3.10. The Morgan fingerprint density at radius 3 is 2.28 bits per heavy atom. The maximum atomic E-state index is 12.8. The van der Waals surface area contributed by atoms with Crippen molar-refractivity contribution in [1.82, 2.24) is 0 Å². The van der Waals surface area contributed by atoms with Crippen LogP contribution >= 0.6 is 0 Å². The Balaban J connectivity index is 3.63. The van der Waals surface area contributed by atoms with E-state index in [4.69, 9.17) is 5.73 Å². The molecule has 0 amide bonds. The van der Waals surface area contributed by atoms with Crippen molar-refractivity contribution in [3.05, 3.63) is 33.4 Å². The molecule has 0 heterocycles. The van der Waals surface area contributed by atoms with Gasteiger partial charge in [0.05, 0.1) is 4.92 Å². The molecule has 0 spiro atoms. The summed E-state index contributed by atoms with van der Waals surface area (Å²) in [6.45, 7) is -0.332. The molecular formula is C10H12F3N3O2. The van der Waals surface area contributed by atoms with Gasteiger partial charge in [0.15, 0.2) is 0 Å². The maximum Gasteiger partial charge on any atom is 0.423 e. The third-order valence-electron chi connectivity index (χ3n) is 2.40. The van der Waals surface area contributed by atoms with Crippen molar-refractivity contribution < 1.29 is 18.1 Å². The molecule has 100 valence electrons. The van der Waals surface area contributed by atoms with Crippen molar-refractivity contribution in [3.63, 3.8) is 0 Å². The summed E-state index contributed by atoms with van der Waals surface area (Å²) in [6.07, 6.45) is -4.79. The van der Waals surface area contributed by atoms with Crippen molar-refractivity contribution in [1.29, 1.82) is 0 Å². The van der Waals surface area contributed by atoms with Crippen LogP contribution in [0.15, 0.2) is 12.1 Å². The fourth-order valence-electron chi connectivity index (χ4n) is 1.52. The van der Waals surface area contributed by atoms with E-state index in [-0.39, 0.29) is 17.8 Å². The van der Waals surface area contributed by atoms with Gasteiger partial charge in [-0.05, 0) is 12.1 Å². The predicted molar refractivity (Wildman–Crippen MR) is 60.3 cm³/mol. The molecule has 0 aliphatic heterocycles. The third kappa shape index (κ3) is 2.70. The van der Waals surface area contributed by atoms with E-state index in [0.29, 0.717) is 0 Å². The van der Waals surface area contributed by atoms with Gasteiger partial charge >= 0.3 is 6.18 Å². The number of nitrogens with two attached hydrogens (primary N) is 1. The van der Waals surface area contributed by atoms with Gasteiger partial charge in [-0.2, -0.15) is 13.2 Å². The molecule has 0 fully saturated rings. The summed E-state index contributed by atoms with van der Waals surface area (Å²) in [5.74, 6) is 0. The van der Waals surface area contributed by atoms with Gasteiger partial charge in [-0.1, -0.05) is 0 Å². The zero-order valence-electron chi connectivity index (χ0n) is 9.78. The van der Waals surface area contributed by atoms with Crippen molar-refractivity contribution in [3.8, 4) is 0 Å². The van der Waals surface area contributed by atoms with E-state index >= 15 is 0 Å². The highest BCUT2D eigenvalue weighted by Gasteiger charge is 2.40. The van der Waals surface area contributed by atoms with E-state index in [0.717, 1.165) is 6.07 Å². The van der Waals surface area contributed by atoms with Crippen LogP contribution in [-0.4, -0.2) is 19.0 Å². The monoisotopic (exact) mass is 263 g/mol. The maximum absolute atomic E-state index is 12.8. The SMILES string of the molecule is CN(C)c1cc(CN)c([N+](=O)[O-])c(C(F)(F)F)c1. The summed E-state index contributed by atoms with van der Waals surface area (Å²) < 4.78 is 38.4. The van der Waals surface area contributed by atoms with Crippen LogP contribution in [0.1, 0.15) is 11.1 Å². The van der Waals surface area contributed by atoms with E-state index < -0.39 is 22.4 Å². The fraction of sp³-hybridized carbons (Fsp3) is 0.400. The molecule has 0 aromatic heterocycles. The minimum absolute atomic E-state index is 0.140. The lowest BCUT2D eigenvalue weighted by molar-refractivity contribution is -0.388. The molecule has 0 aliphatic rings. The molecule has 0 bridgehead atoms. The van der Waals surface area contributed by atoms with Gasteiger partial charge in [0, 0.05) is 31.9 Å². The van der Waals surface area contributed by atoms with Crippen molar-refractivity contribution in [2.24, 2.45) is 5.73 Å². The molecule has 2 N–H and O–H groups in total. The second-order valence-electron chi connectivity index (χ2n) is 3.85. The Morgan fingerprint density at radius 1 is 1.39 bits per heavy atom. The van der Waals surface area contributed by atoms with Gasteiger partial charge in [0.25, 0.3) is 5.69 Å². The number of benzene rings is 1. The Bertz CT molecular complexity index is 472. The van der Waals surface area contributed by atoms with Crippen molar-refractivity contribution in [2.75, 3.05) is 19.0 Å². The molecule has 0 atom stereocenters. The predicted octanol–water partition coefficient (Wildman–Crippen LogP) is 2.14. The molecule has 18 heavy (non-hydrogen) atoms. The molecule has 5 nitrogen and oxygen atoms in total. The number of alkyl halides is 3. The summed E-state index contributed by atoms with van der Waals surface area (Å²) in [4.78, 5) is 11.1. The molecule has 8 heteroatoms. The first kappa shape index (κ1) is 14.2. The largest absolute Gasteiger partial charge is 0.423 e. The van der Waals surface area contributed by atoms with Crippen LogP contribution in [0.3, 0.4) is 0 Å². The number of halogens is 3. The van der Waals surface area contributed by atoms with Gasteiger partial charge in [-0.3, -0.25) is 10.1 Å². The number of rotatable bonds is 3. The minimum Gasteiger partial charge on any atom is -0.378 e. The van der Waals surface area contributed by atoms with Gasteiger partial charge in [0.1, 0.15) is 5.56 Å². The highest BCUT2D eigenvalue weighted by Crippen LogP contribution is 2.40. The molecule has 1 aromatic rings. The minimum atomic E-state index is -4.79. The molecule has 0 unspecified atom stereocenters. The van der Waals surface area contributed by atoms with E-state index in [9.17, 15) is 23.3 Å². The molecule has 0 saturated carbocycles. The summed E-state index contributed by atoms with van der Waals surface area (Å²) >= 11 is 0. The van der Waals surface area contributed by atoms with E-state index in [1.54, 1.807) is 14.1 Å². The van der Waals surface area contributed by atoms with E-state index in [1.807, 2.05) is 0 Å². The number of hydrogen-bond acceptors (Lipinski definition) is 4. The van der Waals surface area contributed by atoms with Crippen LogP contribution in [0, 0.1) is 10.1 Å². The normalized spacial score (nSPS) is 11.4. The lowest BCUT2D eigenvalue weighted by Crippen LogP contribution is -2.16. The standard InChI is InChI=1S/C10H12F3N3O2/c1-15(2)7-3-6(5-14)9(16(17)18)8(4-7)10(11,12)13/h3-4H,5,14H2,1-2H3. The number of nitro groups is 1. The Kier molecular flexibility index (Phi) is 3.80. The van der Waals surface area contributed by atoms with Crippen LogP contribution in [0.2, 0.25) is 0 Å². The lowest BCUT2D eigenvalue weighted by atomic mass is 10.0. The number of anilines is 1. The Morgan fingerprint density at radius 2 is 1.94 bits per heavy atom. The highest BCUT2D eigenvalue weighted by molar-refractivity contribution is 5.60. The van der Waals surface area contributed by atoms with Crippen LogP contribution in [-0.2, 0) is 12.7 Å². The molecule has 0 saturated heterocycles. The first-order valence-corrected chi connectivity index (χ1v) is 4.94. The zero-order valence-corrected chi connectivity index (χ0v) is 9.78. The Labute approximate surface area is 101 Å². The lowest BCUT2D eigenvalue weighted by Gasteiger charge is -2.17. The van der Waals surface area contributed by atoms with Crippen molar-refractivity contribution >= 4 is 11.4 Å². The van der Waals surface area contributed by atoms with Crippen LogP contribution < -0.4 is 10.6 Å². The van der Waals surface area contributed by atoms with Gasteiger partial charge in [-0.15, -0.1) is 0 Å². The van der Waals surface area contributed by atoms with Crippen LogP contribution in [0.4, 0.5) is 24.5 Å². The molecule has 1 aromatic carbocycles. The average Bonchev–Trinajstić information content (AvgIpc) is 2.25. The number of hydrogen-bond donors (Lipinski definition) is 1. The highest BCUT2D eigenvalue weighted by atomic mass is 19.4. The van der Waals surface area contributed by atoms with E-state index in [2.05, 4.69) is 0 Å². The first-order chi connectivity index (χ1) is 8.18. The summed E-state index contributed by atoms with van der Waals surface area (Å²) in [5, 5.41) is 10.8. The smallest absolute Gasteiger partial charge is 0.378 e. The first-order valence-electron chi connectivity index (χ1n) is 4.94. The van der Waals surface area contributed by atoms with Gasteiger partial charge in [0.2, 0.25) is 0 Å². The number of nitro benzene ring substituents is 1. The summed E-state index contributed by atoms with van der Waals surface area (Å²) in [6, 6.07) is 2.03. The molecule has 0 radical (unpaired) electrons. The molecule has 0 aliphatic carbocycles. The molecule has 1 rings (SSSR count). The van der Waals surface area contributed by atoms with Gasteiger partial charge < -0.3 is 10.6 Å². The van der Waals surface area contributed by atoms with E-state index in [1.165, 1.54) is 11.0 Å². The second-order valence-corrected chi connectivity index (χ2v) is 3.85. The van der Waals surface area contributed by atoms with Crippen LogP contribution in [0.5, 0.6) is 0 Å². The zero-order chi connectivity index (χ0) is 14.1. The average molecular weight is 263 g/mol. The molecular weight excluding hydrogens is 251 g/mol. The van der Waals surface area contributed by atoms with Crippen LogP contribution in [0.25, 0.3) is 0 Å². The number of nitrogens with zero attached hydrogens (tertiary/aromatic N) is 2. The topological polar surface area (TPSA) is 72.4 Å². The second kappa shape index (κ2) is 4.81.